The molecule has 1 aliphatic heterocycles. The van der Waals surface area contributed by atoms with E-state index in [0.717, 1.165) is 28.1 Å². The van der Waals surface area contributed by atoms with Crippen LogP contribution in [0.3, 0.4) is 0 Å². The number of nitrogens with one attached hydrogen (secondary N) is 3. The molecule has 7 nitrogen and oxygen atoms in total. The molecule has 0 radical (unpaired) electrons. The molecule has 0 spiro atoms. The van der Waals surface area contributed by atoms with Gasteiger partial charge in [0, 0.05) is 5.69 Å². The second-order valence-corrected chi connectivity index (χ2v) is 8.54. The van der Waals surface area contributed by atoms with Crippen LogP contribution in [0, 0.1) is 4.77 Å². The molecule has 3 N–H and O–H groups in total. The number of methoxy groups -OCH3 is 1. The second kappa shape index (κ2) is 10.0. The highest BCUT2D eigenvalue weighted by atomic mass is 32.1. The van der Waals surface area contributed by atoms with E-state index < -0.39 is 0 Å². The van der Waals surface area contributed by atoms with Gasteiger partial charge in [-0.3, -0.25) is 5.43 Å². The molecule has 0 amide bonds. The van der Waals surface area contributed by atoms with Crippen LogP contribution in [0.15, 0.2) is 90.0 Å². The Balaban J connectivity index is 1.63. The first-order chi connectivity index (χ1) is 17.1. The molecule has 1 atom stereocenters. The summed E-state index contributed by atoms with van der Waals surface area (Å²) in [5.74, 6) is 1.99. The number of hydrogen-bond acceptors (Lipinski definition) is 6. The number of ether oxygens (including phenoxy) is 1. The Morgan fingerprint density at radius 3 is 2.34 bits per heavy atom. The van der Waals surface area contributed by atoms with E-state index in [1.807, 2.05) is 72.8 Å². The normalized spacial score (nSPS) is 14.9. The van der Waals surface area contributed by atoms with Crippen molar-refractivity contribution in [2.45, 2.75) is 6.04 Å². The van der Waals surface area contributed by atoms with Gasteiger partial charge in [-0.1, -0.05) is 60.7 Å². The van der Waals surface area contributed by atoms with Gasteiger partial charge in [-0.2, -0.15) is 5.10 Å². The first-order valence-electron chi connectivity index (χ1n) is 10.9. The Bertz CT molecular complexity index is 1420. The standard InChI is InChI=1S/C26H22N6OS2/c1-33-20-14-12-19(13-15-20)32-22(18-10-6-3-7-11-18)21-23(30-26(32)35)28-25(34)29-24(21)31-27-16-17-8-4-2-5-9-17/h2-16,22H,1H3,(H3,28,29,30,31,34,35)/b27-16+. The van der Waals surface area contributed by atoms with Gasteiger partial charge in [-0.25, -0.2) is 4.98 Å². The zero-order chi connectivity index (χ0) is 24.2. The van der Waals surface area contributed by atoms with Crippen LogP contribution in [-0.4, -0.2) is 28.4 Å². The van der Waals surface area contributed by atoms with Gasteiger partial charge in [0.1, 0.15) is 17.4 Å². The lowest BCUT2D eigenvalue weighted by atomic mass is 9.95. The molecule has 3 aromatic carbocycles. The number of aromatic amines is 1. The van der Waals surface area contributed by atoms with Crippen LogP contribution in [-0.2, 0) is 0 Å². The summed E-state index contributed by atoms with van der Waals surface area (Å²) in [6, 6.07) is 27.5. The van der Waals surface area contributed by atoms with Crippen molar-refractivity contribution in [1.29, 1.82) is 0 Å². The highest BCUT2D eigenvalue weighted by Gasteiger charge is 2.36. The van der Waals surface area contributed by atoms with Gasteiger partial charge in [0.2, 0.25) is 0 Å². The number of benzene rings is 3. The molecule has 0 saturated heterocycles. The first kappa shape index (κ1) is 22.7. The number of rotatable bonds is 6. The van der Waals surface area contributed by atoms with E-state index in [-0.39, 0.29) is 6.04 Å². The lowest BCUT2D eigenvalue weighted by molar-refractivity contribution is 0.415. The van der Waals surface area contributed by atoms with E-state index in [1.54, 1.807) is 13.3 Å². The number of aromatic nitrogens is 2. The predicted octanol–water partition coefficient (Wildman–Crippen LogP) is 5.90. The molecule has 0 fully saturated rings. The highest BCUT2D eigenvalue weighted by Crippen LogP contribution is 2.42. The van der Waals surface area contributed by atoms with Crippen molar-refractivity contribution >= 4 is 53.1 Å². The topological polar surface area (TPSA) is 77.6 Å². The molecule has 2 heterocycles. The summed E-state index contributed by atoms with van der Waals surface area (Å²) >= 11 is 11.2. The molecule has 4 aromatic rings. The van der Waals surface area contributed by atoms with Crippen molar-refractivity contribution in [1.82, 2.24) is 9.97 Å². The molecular formula is C26H22N6OS2. The molecule has 0 saturated carbocycles. The summed E-state index contributed by atoms with van der Waals surface area (Å²) in [6.07, 6.45) is 1.75. The number of nitrogens with zero attached hydrogens (tertiary/aromatic N) is 3. The average Bonchev–Trinajstić information content (AvgIpc) is 2.89. The monoisotopic (exact) mass is 498 g/mol. The fourth-order valence-corrected chi connectivity index (χ4v) is 4.51. The summed E-state index contributed by atoms with van der Waals surface area (Å²) in [4.78, 5) is 9.77. The number of thiocarbonyl (C=S) groups is 1. The average molecular weight is 499 g/mol. The van der Waals surface area contributed by atoms with Gasteiger partial charge < -0.3 is 19.9 Å². The van der Waals surface area contributed by atoms with Crippen LogP contribution in [0.25, 0.3) is 0 Å². The zero-order valence-electron chi connectivity index (χ0n) is 18.8. The molecule has 5 rings (SSSR count). The SMILES string of the molecule is COc1ccc(N2C(=S)Nc3nc(=S)[nH]c(N/N=C/c4ccccc4)c3C2c2ccccc2)cc1. The van der Waals surface area contributed by atoms with Crippen molar-refractivity contribution in [3.05, 3.63) is 106 Å². The summed E-state index contributed by atoms with van der Waals surface area (Å²) in [5, 5.41) is 8.23. The van der Waals surface area contributed by atoms with Gasteiger partial charge in [0.05, 0.1) is 24.9 Å². The maximum Gasteiger partial charge on any atom is 0.200 e. The predicted molar refractivity (Wildman–Crippen MR) is 147 cm³/mol. The van der Waals surface area contributed by atoms with E-state index in [4.69, 9.17) is 29.2 Å². The third-order valence-corrected chi connectivity index (χ3v) is 6.09. The Kier molecular flexibility index (Phi) is 6.51. The van der Waals surface area contributed by atoms with Crippen LogP contribution in [0.4, 0.5) is 17.3 Å². The molecule has 0 aliphatic carbocycles. The Morgan fingerprint density at radius 1 is 0.971 bits per heavy atom. The third kappa shape index (κ3) is 4.77. The molecule has 35 heavy (non-hydrogen) atoms. The van der Waals surface area contributed by atoms with E-state index in [1.165, 1.54) is 0 Å². The Hall–Kier alpha value is -4.08. The van der Waals surface area contributed by atoms with Gasteiger partial charge in [-0.15, -0.1) is 0 Å². The number of H-pyrrole nitrogens is 1. The Morgan fingerprint density at radius 2 is 1.66 bits per heavy atom. The van der Waals surface area contributed by atoms with Gasteiger partial charge >= 0.3 is 0 Å². The summed E-state index contributed by atoms with van der Waals surface area (Å²) in [6.45, 7) is 0. The molecule has 174 valence electrons. The van der Waals surface area contributed by atoms with Crippen molar-refractivity contribution in [2.24, 2.45) is 5.10 Å². The van der Waals surface area contributed by atoms with Crippen LogP contribution in [0.5, 0.6) is 5.75 Å². The van der Waals surface area contributed by atoms with Crippen LogP contribution >= 0.6 is 24.4 Å². The molecule has 9 heteroatoms. The largest absolute Gasteiger partial charge is 0.497 e. The zero-order valence-corrected chi connectivity index (χ0v) is 20.4. The lowest BCUT2D eigenvalue weighted by Crippen LogP contribution is -2.43. The minimum Gasteiger partial charge on any atom is -0.497 e. The van der Waals surface area contributed by atoms with Crippen molar-refractivity contribution in [3.63, 3.8) is 0 Å². The number of anilines is 3. The fraction of sp³-hybridized carbons (Fsp3) is 0.0769. The van der Waals surface area contributed by atoms with Crippen LogP contribution in [0.1, 0.15) is 22.7 Å². The first-order valence-corrected chi connectivity index (χ1v) is 11.7. The minimum atomic E-state index is -0.290. The second-order valence-electron chi connectivity index (χ2n) is 7.77. The molecule has 1 aromatic heterocycles. The number of hydrogen-bond donors (Lipinski definition) is 3. The van der Waals surface area contributed by atoms with E-state index >= 15 is 0 Å². The van der Waals surface area contributed by atoms with Crippen molar-refractivity contribution < 1.29 is 4.74 Å². The lowest BCUT2D eigenvalue weighted by Gasteiger charge is -2.39. The molecule has 1 unspecified atom stereocenters. The number of hydrazone groups is 1. The van der Waals surface area contributed by atoms with Gasteiger partial charge in [-0.05, 0) is 59.8 Å². The molecule has 0 bridgehead atoms. The highest BCUT2D eigenvalue weighted by molar-refractivity contribution is 7.80. The van der Waals surface area contributed by atoms with Gasteiger partial charge in [0.25, 0.3) is 0 Å². The quantitative estimate of drug-likeness (QED) is 0.174. The molecule has 1 aliphatic rings. The van der Waals surface area contributed by atoms with E-state index in [0.29, 0.717) is 21.5 Å². The maximum atomic E-state index is 5.81. The van der Waals surface area contributed by atoms with E-state index in [9.17, 15) is 0 Å². The van der Waals surface area contributed by atoms with Crippen molar-refractivity contribution in [3.8, 4) is 5.75 Å². The van der Waals surface area contributed by atoms with Gasteiger partial charge in [0.15, 0.2) is 9.88 Å². The van der Waals surface area contributed by atoms with E-state index in [2.05, 4.69) is 42.8 Å². The smallest absolute Gasteiger partial charge is 0.200 e. The fourth-order valence-electron chi connectivity index (χ4n) is 4.01. The third-order valence-electron chi connectivity index (χ3n) is 5.60. The van der Waals surface area contributed by atoms with Crippen molar-refractivity contribution in [2.75, 3.05) is 22.8 Å². The Labute approximate surface area is 213 Å². The summed E-state index contributed by atoms with van der Waals surface area (Å²) in [7, 11) is 1.65. The maximum absolute atomic E-state index is 5.81. The minimum absolute atomic E-state index is 0.290. The summed E-state index contributed by atoms with van der Waals surface area (Å²) < 4.78 is 5.67. The van der Waals surface area contributed by atoms with Crippen LogP contribution < -0.4 is 20.4 Å². The summed E-state index contributed by atoms with van der Waals surface area (Å²) in [5.41, 5.74) is 6.91. The molecular weight excluding hydrogens is 476 g/mol. The van der Waals surface area contributed by atoms with Crippen LogP contribution in [0.2, 0.25) is 0 Å². The number of fused-ring (bicyclic) bond motifs is 1.